The summed E-state index contributed by atoms with van der Waals surface area (Å²) in [4.78, 5) is 13.6. The summed E-state index contributed by atoms with van der Waals surface area (Å²) < 4.78 is 43.1. The molecule has 0 fully saturated rings. The molecule has 2 aliphatic rings. The zero-order chi connectivity index (χ0) is 16.4. The molecule has 0 unspecified atom stereocenters. The lowest BCUT2D eigenvalue weighted by Gasteiger charge is -2.33. The summed E-state index contributed by atoms with van der Waals surface area (Å²) in [6.45, 7) is 0.788. The van der Waals surface area contributed by atoms with Gasteiger partial charge >= 0.3 is 12.3 Å². The molecule has 3 rings (SSSR count). The van der Waals surface area contributed by atoms with Crippen molar-refractivity contribution in [2.45, 2.75) is 31.9 Å². The molecule has 23 heavy (non-hydrogen) atoms. The Morgan fingerprint density at radius 1 is 1.22 bits per heavy atom. The van der Waals surface area contributed by atoms with E-state index in [0.29, 0.717) is 13.2 Å². The van der Waals surface area contributed by atoms with E-state index in [-0.39, 0.29) is 5.75 Å². The van der Waals surface area contributed by atoms with E-state index in [0.717, 1.165) is 37.8 Å². The van der Waals surface area contributed by atoms with Gasteiger partial charge in [-0.3, -0.25) is 4.90 Å². The highest BCUT2D eigenvalue weighted by Gasteiger charge is 2.31. The molecule has 0 bridgehead atoms. The number of nitrogens with one attached hydrogen (secondary N) is 1. The molecule has 1 aromatic rings. The zero-order valence-corrected chi connectivity index (χ0v) is 12.4. The maximum Gasteiger partial charge on any atom is 0.416 e. The van der Waals surface area contributed by atoms with Crippen LogP contribution in [0.4, 0.5) is 18.0 Å². The molecule has 0 saturated carbocycles. The number of halogens is 3. The van der Waals surface area contributed by atoms with Gasteiger partial charge in [-0.15, -0.1) is 0 Å². The Hall–Kier alpha value is -2.18. The number of carbonyl (C=O) groups excluding carboxylic acids is 1. The van der Waals surface area contributed by atoms with E-state index in [2.05, 4.69) is 5.32 Å². The molecular formula is C16H17F3N2O2. The summed E-state index contributed by atoms with van der Waals surface area (Å²) >= 11 is 0. The molecular weight excluding hydrogens is 309 g/mol. The summed E-state index contributed by atoms with van der Waals surface area (Å²) in [5.74, 6) is -0.103. The molecule has 124 valence electrons. The van der Waals surface area contributed by atoms with Crippen LogP contribution >= 0.6 is 0 Å². The minimum atomic E-state index is -4.46. The Bertz CT molecular complexity index is 640. The van der Waals surface area contributed by atoms with Crippen LogP contribution in [0, 0.1) is 0 Å². The van der Waals surface area contributed by atoms with Gasteiger partial charge in [-0.1, -0.05) is 6.07 Å². The van der Waals surface area contributed by atoms with Crippen LogP contribution in [0.25, 0.3) is 0 Å². The van der Waals surface area contributed by atoms with Crippen molar-refractivity contribution in [1.82, 2.24) is 10.2 Å². The molecule has 1 aliphatic carbocycles. The highest BCUT2D eigenvalue weighted by atomic mass is 19.4. The van der Waals surface area contributed by atoms with Gasteiger partial charge in [-0.05, 0) is 49.5 Å². The minimum Gasteiger partial charge on any atom is -0.410 e. The molecule has 0 saturated heterocycles. The smallest absolute Gasteiger partial charge is 0.410 e. The number of nitrogens with zero attached hydrogens (tertiary/aromatic N) is 1. The topological polar surface area (TPSA) is 41.6 Å². The Morgan fingerprint density at radius 3 is 2.78 bits per heavy atom. The third-order valence-electron chi connectivity index (χ3n) is 4.07. The summed E-state index contributed by atoms with van der Waals surface area (Å²) in [5.41, 5.74) is 1.54. The van der Waals surface area contributed by atoms with Gasteiger partial charge in [0.15, 0.2) is 0 Å². The first-order valence-corrected chi connectivity index (χ1v) is 7.52. The van der Waals surface area contributed by atoms with Crippen molar-refractivity contribution in [2.24, 2.45) is 0 Å². The molecule has 4 nitrogen and oxygen atoms in total. The number of hydrogen-bond acceptors (Lipinski definition) is 3. The number of ether oxygens (including phenoxy) is 1. The average molecular weight is 326 g/mol. The van der Waals surface area contributed by atoms with Crippen molar-refractivity contribution in [2.75, 3.05) is 13.2 Å². The van der Waals surface area contributed by atoms with Crippen LogP contribution in [0.1, 0.15) is 31.2 Å². The van der Waals surface area contributed by atoms with Gasteiger partial charge in [0.2, 0.25) is 0 Å². The lowest BCUT2D eigenvalue weighted by molar-refractivity contribution is -0.137. The van der Waals surface area contributed by atoms with E-state index in [9.17, 15) is 18.0 Å². The van der Waals surface area contributed by atoms with E-state index in [4.69, 9.17) is 4.74 Å². The molecule has 1 N–H and O–H groups in total. The molecule has 0 spiro atoms. The van der Waals surface area contributed by atoms with Gasteiger partial charge in [0, 0.05) is 12.2 Å². The van der Waals surface area contributed by atoms with Crippen molar-refractivity contribution < 1.29 is 22.7 Å². The largest absolute Gasteiger partial charge is 0.416 e. The molecule has 1 heterocycles. The molecule has 1 aromatic carbocycles. The van der Waals surface area contributed by atoms with Crippen LogP contribution in [-0.2, 0) is 6.18 Å². The molecule has 7 heteroatoms. The minimum absolute atomic E-state index is 0.103. The van der Waals surface area contributed by atoms with E-state index >= 15 is 0 Å². The number of benzene rings is 1. The van der Waals surface area contributed by atoms with Crippen molar-refractivity contribution in [3.8, 4) is 5.75 Å². The Labute approximate surface area is 131 Å². The summed E-state index contributed by atoms with van der Waals surface area (Å²) in [6, 6.07) is 4.34. The van der Waals surface area contributed by atoms with Gasteiger partial charge in [-0.2, -0.15) is 13.2 Å². The second-order valence-corrected chi connectivity index (χ2v) is 5.72. The Balaban J connectivity index is 1.67. The molecule has 0 radical (unpaired) electrons. The van der Waals surface area contributed by atoms with Crippen molar-refractivity contribution >= 4 is 6.09 Å². The van der Waals surface area contributed by atoms with Crippen LogP contribution in [0.3, 0.4) is 0 Å². The summed E-state index contributed by atoms with van der Waals surface area (Å²) in [6.07, 6.45) is -0.940. The third-order valence-corrected chi connectivity index (χ3v) is 4.07. The maximum absolute atomic E-state index is 12.7. The number of allylic oxidation sites excluding steroid dienone is 1. The fourth-order valence-corrected chi connectivity index (χ4v) is 2.86. The van der Waals surface area contributed by atoms with Crippen LogP contribution < -0.4 is 10.1 Å². The Morgan fingerprint density at radius 2 is 2.00 bits per heavy atom. The highest BCUT2D eigenvalue weighted by molar-refractivity contribution is 5.71. The van der Waals surface area contributed by atoms with Gasteiger partial charge in [0.05, 0.1) is 12.2 Å². The van der Waals surface area contributed by atoms with Gasteiger partial charge in [0.25, 0.3) is 0 Å². The quantitative estimate of drug-likeness (QED) is 0.851. The van der Waals surface area contributed by atoms with E-state index in [1.165, 1.54) is 28.3 Å². The lowest BCUT2D eigenvalue weighted by atomic mass is 9.95. The van der Waals surface area contributed by atoms with Crippen molar-refractivity contribution in [1.29, 1.82) is 0 Å². The zero-order valence-electron chi connectivity index (χ0n) is 12.4. The van der Waals surface area contributed by atoms with Crippen molar-refractivity contribution in [3.63, 3.8) is 0 Å². The van der Waals surface area contributed by atoms with Crippen LogP contribution in [0.2, 0.25) is 0 Å². The fraction of sp³-hybridized carbons (Fsp3) is 0.438. The summed E-state index contributed by atoms with van der Waals surface area (Å²) in [5, 5.41) is 3.20. The van der Waals surface area contributed by atoms with Gasteiger partial charge < -0.3 is 10.1 Å². The predicted molar refractivity (Wildman–Crippen MR) is 77.7 cm³/mol. The normalized spacial score (nSPS) is 18.3. The van der Waals surface area contributed by atoms with Gasteiger partial charge in [-0.25, -0.2) is 4.79 Å². The monoisotopic (exact) mass is 326 g/mol. The highest BCUT2D eigenvalue weighted by Crippen LogP contribution is 2.31. The molecule has 1 amide bonds. The second kappa shape index (κ2) is 6.14. The first kappa shape index (κ1) is 15.7. The predicted octanol–water partition coefficient (Wildman–Crippen LogP) is 3.90. The van der Waals surface area contributed by atoms with E-state index < -0.39 is 17.8 Å². The number of rotatable bonds is 1. The number of hydrogen-bond donors (Lipinski definition) is 1. The molecule has 0 aromatic heterocycles. The van der Waals surface area contributed by atoms with Crippen LogP contribution in [0.15, 0.2) is 35.5 Å². The number of carbonyl (C=O) groups is 1. The third kappa shape index (κ3) is 3.60. The second-order valence-electron chi connectivity index (χ2n) is 5.72. The number of alkyl halides is 3. The maximum atomic E-state index is 12.7. The standard InChI is InChI=1S/C16H17F3N2O2/c17-16(18,19)12-5-3-6-13(8-12)23-15(22)21-9-11-4-1-2-7-14(11)20-10-21/h3,5-6,8,20H,1-2,4,7,9-10H2. The average Bonchev–Trinajstić information content (AvgIpc) is 2.54. The Kier molecular flexibility index (Phi) is 4.19. The fourth-order valence-electron chi connectivity index (χ4n) is 2.86. The molecule has 1 aliphatic heterocycles. The molecule has 0 atom stereocenters. The SMILES string of the molecule is O=C(Oc1cccc(C(F)(F)F)c1)N1CNC2=C(CCCC2)C1. The summed E-state index contributed by atoms with van der Waals surface area (Å²) in [7, 11) is 0. The lowest BCUT2D eigenvalue weighted by Crippen LogP contribution is -2.46. The van der Waals surface area contributed by atoms with Crippen LogP contribution in [0.5, 0.6) is 5.75 Å². The first-order chi connectivity index (χ1) is 10.9. The van der Waals surface area contributed by atoms with Crippen molar-refractivity contribution in [3.05, 3.63) is 41.1 Å². The van der Waals surface area contributed by atoms with Crippen LogP contribution in [-0.4, -0.2) is 24.2 Å². The van der Waals surface area contributed by atoms with E-state index in [1.54, 1.807) is 0 Å². The van der Waals surface area contributed by atoms with E-state index in [1.807, 2.05) is 0 Å². The van der Waals surface area contributed by atoms with Gasteiger partial charge in [0.1, 0.15) is 5.75 Å². The first-order valence-electron chi connectivity index (χ1n) is 7.52. The number of amides is 1.